The summed E-state index contributed by atoms with van der Waals surface area (Å²) in [7, 11) is -2.36. The van der Waals surface area contributed by atoms with E-state index in [2.05, 4.69) is 15.0 Å². The van der Waals surface area contributed by atoms with Crippen LogP contribution in [0.3, 0.4) is 0 Å². The summed E-state index contributed by atoms with van der Waals surface area (Å²) in [5.74, 6) is 4.52. The predicted molar refractivity (Wildman–Crippen MR) is 30.5 cm³/mol. The Morgan fingerprint density at radius 1 is 1.67 bits per heavy atom. The third-order valence-corrected chi connectivity index (χ3v) is 1.15. The molecule has 0 rings (SSSR count). The van der Waals surface area contributed by atoms with Gasteiger partial charge in [-0.25, -0.2) is 10.5 Å². The van der Waals surface area contributed by atoms with E-state index in [0.717, 1.165) is 6.42 Å². The smallest absolute Gasteiger partial charge is 0.310 e. The van der Waals surface area contributed by atoms with E-state index >= 15 is 0 Å². The van der Waals surface area contributed by atoms with Crippen LogP contribution in [0.1, 0.15) is 13.3 Å². The summed E-state index contributed by atoms with van der Waals surface area (Å²) in [6.07, 6.45) is 0.819. The fourth-order valence-corrected chi connectivity index (χ4v) is 0.658. The van der Waals surface area contributed by atoms with E-state index in [9.17, 15) is 4.57 Å². The van der Waals surface area contributed by atoms with Gasteiger partial charge in [-0.3, -0.25) is 4.57 Å². The molecule has 0 saturated heterocycles. The van der Waals surface area contributed by atoms with Gasteiger partial charge in [0.05, 0.1) is 6.61 Å². The molecule has 4 nitrogen and oxygen atoms in total. The van der Waals surface area contributed by atoms with Gasteiger partial charge in [-0.2, -0.15) is 0 Å². The third-order valence-electron chi connectivity index (χ3n) is 0.520. The summed E-state index contributed by atoms with van der Waals surface area (Å²) in [4.78, 5) is 0. The molecule has 52 valence electrons. The van der Waals surface area contributed by atoms with Crippen molar-refractivity contribution in [3.63, 3.8) is 0 Å². The first-order valence-corrected chi connectivity index (χ1v) is 3.57. The van der Waals surface area contributed by atoms with Gasteiger partial charge in [0, 0.05) is 19.5 Å². The van der Waals surface area contributed by atoms with E-state index in [1.165, 1.54) is 0 Å². The van der Waals surface area contributed by atoms with Gasteiger partial charge in [-0.05, 0) is 6.42 Å². The van der Waals surface area contributed by atoms with E-state index < -0.39 is 8.25 Å². The molecule has 0 aromatic carbocycles. The SMILES string of the molecule is CCCO[PH](=O)ON.[Zn]. The van der Waals surface area contributed by atoms with Crippen molar-refractivity contribution in [2.75, 3.05) is 6.61 Å². The molecule has 0 aromatic heterocycles. The van der Waals surface area contributed by atoms with E-state index in [0.29, 0.717) is 6.61 Å². The normalized spacial score (nSPS) is 12.2. The second kappa shape index (κ2) is 8.73. The Morgan fingerprint density at radius 3 is 2.56 bits per heavy atom. The summed E-state index contributed by atoms with van der Waals surface area (Å²) in [6, 6.07) is 0. The van der Waals surface area contributed by atoms with Crippen LogP contribution in [0.5, 0.6) is 0 Å². The van der Waals surface area contributed by atoms with Crippen molar-refractivity contribution in [3.8, 4) is 0 Å². The Balaban J connectivity index is 0. The Morgan fingerprint density at radius 2 is 2.22 bits per heavy atom. The van der Waals surface area contributed by atoms with Crippen molar-refractivity contribution in [2.24, 2.45) is 5.90 Å². The molecule has 0 aliphatic carbocycles. The van der Waals surface area contributed by atoms with Gasteiger partial charge in [-0.15, -0.1) is 0 Å². The molecule has 1 atom stereocenters. The van der Waals surface area contributed by atoms with Crippen LogP contribution >= 0.6 is 8.25 Å². The second-order valence-corrected chi connectivity index (χ2v) is 2.24. The first-order valence-electron chi connectivity index (χ1n) is 2.34. The molecule has 0 bridgehead atoms. The molecule has 0 saturated carbocycles. The maximum absolute atomic E-state index is 10.2. The average Bonchev–Trinajstić information content (AvgIpc) is 1.83. The average molecular weight is 204 g/mol. The van der Waals surface area contributed by atoms with Crippen LogP contribution in [0.15, 0.2) is 0 Å². The van der Waals surface area contributed by atoms with Crippen molar-refractivity contribution in [3.05, 3.63) is 0 Å². The fourth-order valence-electron chi connectivity index (χ4n) is 0.219. The second-order valence-electron chi connectivity index (χ2n) is 1.22. The standard InChI is InChI=1S/C3H10NO3P.Zn/c1-2-3-6-8(5)7-4;/h8H,2-4H2,1H3;. The summed E-state index contributed by atoms with van der Waals surface area (Å²) in [5, 5.41) is 0. The summed E-state index contributed by atoms with van der Waals surface area (Å²) in [5.41, 5.74) is 0. The zero-order valence-electron chi connectivity index (χ0n) is 5.42. The Labute approximate surface area is 67.8 Å². The van der Waals surface area contributed by atoms with Gasteiger partial charge in [0.1, 0.15) is 0 Å². The van der Waals surface area contributed by atoms with Crippen LogP contribution in [-0.2, 0) is 33.2 Å². The quantitative estimate of drug-likeness (QED) is 0.416. The van der Waals surface area contributed by atoms with Crippen LogP contribution in [0.25, 0.3) is 0 Å². The maximum Gasteiger partial charge on any atom is 0.335 e. The topological polar surface area (TPSA) is 61.5 Å². The van der Waals surface area contributed by atoms with Crippen molar-refractivity contribution >= 4 is 8.25 Å². The van der Waals surface area contributed by atoms with Gasteiger partial charge < -0.3 is 4.52 Å². The molecular weight excluding hydrogens is 194 g/mol. The molecule has 2 N–H and O–H groups in total. The van der Waals surface area contributed by atoms with E-state index in [1.807, 2.05) is 6.92 Å². The minimum Gasteiger partial charge on any atom is -0.310 e. The monoisotopic (exact) mass is 203 g/mol. The molecule has 6 heteroatoms. The zero-order valence-corrected chi connectivity index (χ0v) is 9.39. The summed E-state index contributed by atoms with van der Waals surface area (Å²) >= 11 is 0. The van der Waals surface area contributed by atoms with Crippen LogP contribution in [-0.4, -0.2) is 6.61 Å². The van der Waals surface area contributed by atoms with Crippen LogP contribution in [0.4, 0.5) is 0 Å². The number of hydrogen-bond donors (Lipinski definition) is 1. The third kappa shape index (κ3) is 8.73. The van der Waals surface area contributed by atoms with Gasteiger partial charge in [0.2, 0.25) is 0 Å². The number of rotatable bonds is 4. The molecule has 0 aliphatic heterocycles. The van der Waals surface area contributed by atoms with Crippen LogP contribution in [0.2, 0.25) is 0 Å². The number of nitrogens with two attached hydrogens (primary N) is 1. The molecule has 0 aliphatic rings. The summed E-state index contributed by atoms with van der Waals surface area (Å²) < 4.78 is 18.6. The fraction of sp³-hybridized carbons (Fsp3) is 1.00. The van der Waals surface area contributed by atoms with Gasteiger partial charge >= 0.3 is 8.25 Å². The number of hydrogen-bond acceptors (Lipinski definition) is 4. The zero-order chi connectivity index (χ0) is 6.41. The largest absolute Gasteiger partial charge is 0.335 e. The molecule has 9 heavy (non-hydrogen) atoms. The van der Waals surface area contributed by atoms with Gasteiger partial charge in [0.15, 0.2) is 0 Å². The minimum absolute atomic E-state index is 0. The molecule has 0 amide bonds. The van der Waals surface area contributed by atoms with Crippen molar-refractivity contribution in [1.29, 1.82) is 0 Å². The molecule has 0 fully saturated rings. The van der Waals surface area contributed by atoms with E-state index in [1.54, 1.807) is 0 Å². The van der Waals surface area contributed by atoms with Crippen LogP contribution < -0.4 is 5.90 Å². The molecule has 0 radical (unpaired) electrons. The molecule has 0 aromatic rings. The van der Waals surface area contributed by atoms with Gasteiger partial charge in [0.25, 0.3) is 0 Å². The summed E-state index contributed by atoms with van der Waals surface area (Å²) in [6.45, 7) is 2.35. The molecular formula is C3H10NO3PZn. The first kappa shape index (κ1) is 12.4. The maximum atomic E-state index is 10.2. The Kier molecular flexibility index (Phi) is 12.0. The van der Waals surface area contributed by atoms with Crippen molar-refractivity contribution in [1.82, 2.24) is 0 Å². The van der Waals surface area contributed by atoms with Crippen molar-refractivity contribution < 1.29 is 33.2 Å². The Hall–Kier alpha value is 0.733. The van der Waals surface area contributed by atoms with E-state index in [4.69, 9.17) is 0 Å². The first-order chi connectivity index (χ1) is 3.81. The van der Waals surface area contributed by atoms with Crippen molar-refractivity contribution in [2.45, 2.75) is 13.3 Å². The van der Waals surface area contributed by atoms with E-state index in [-0.39, 0.29) is 19.5 Å². The molecule has 1 unspecified atom stereocenters. The van der Waals surface area contributed by atoms with Crippen LogP contribution in [0, 0.1) is 0 Å². The van der Waals surface area contributed by atoms with Gasteiger partial charge in [-0.1, -0.05) is 6.92 Å². The molecule has 0 spiro atoms. The predicted octanol–water partition coefficient (Wildman–Crippen LogP) is 0.691. The molecule has 0 heterocycles. The minimum atomic E-state index is -2.36. The Bertz CT molecular complexity index is 81.5.